The fourth-order valence-corrected chi connectivity index (χ4v) is 2.67. The van der Waals surface area contributed by atoms with Crippen molar-refractivity contribution in [2.75, 3.05) is 19.6 Å². The minimum absolute atomic E-state index is 0.0471. The molecule has 4 N–H and O–H groups in total. The molecule has 126 valence electrons. The summed E-state index contributed by atoms with van der Waals surface area (Å²) in [7, 11) is 0. The van der Waals surface area contributed by atoms with Crippen LogP contribution in [0.5, 0.6) is 0 Å². The number of carbonyl (C=O) groups is 3. The minimum Gasteiger partial charge on any atom is -0.480 e. The Morgan fingerprint density at radius 2 is 1.73 bits per heavy atom. The van der Waals surface area contributed by atoms with Gasteiger partial charge in [0.25, 0.3) is 0 Å². The smallest absolute Gasteiger partial charge is 0.322 e. The molecule has 1 aliphatic rings. The Balaban J connectivity index is 2.53. The molecule has 0 aromatic carbocycles. The van der Waals surface area contributed by atoms with Crippen LogP contribution in [-0.4, -0.2) is 48.1 Å². The maximum Gasteiger partial charge on any atom is 0.322 e. The van der Waals surface area contributed by atoms with Gasteiger partial charge in [0.05, 0.1) is 12.1 Å². The molecule has 0 heterocycles. The zero-order chi connectivity index (χ0) is 16.4. The lowest BCUT2D eigenvalue weighted by Gasteiger charge is -2.36. The average molecular weight is 313 g/mol. The van der Waals surface area contributed by atoms with Crippen LogP contribution in [0.2, 0.25) is 0 Å². The Morgan fingerprint density at radius 3 is 2.32 bits per heavy atom. The fraction of sp³-hybridized carbons (Fsp3) is 0.800. The molecule has 0 spiro atoms. The lowest BCUT2D eigenvalue weighted by Crippen LogP contribution is -2.60. The lowest BCUT2D eigenvalue weighted by molar-refractivity contribution is -0.138. The molecule has 0 bridgehead atoms. The van der Waals surface area contributed by atoms with Crippen molar-refractivity contribution in [1.82, 2.24) is 16.0 Å². The summed E-state index contributed by atoms with van der Waals surface area (Å²) in [6.45, 7) is 2.25. The first-order valence-electron chi connectivity index (χ1n) is 8.02. The van der Waals surface area contributed by atoms with Crippen LogP contribution in [0.4, 0.5) is 0 Å². The number of carboxylic acids is 1. The van der Waals surface area contributed by atoms with E-state index < -0.39 is 24.0 Å². The monoisotopic (exact) mass is 313 g/mol. The summed E-state index contributed by atoms with van der Waals surface area (Å²) < 4.78 is 0. The summed E-state index contributed by atoms with van der Waals surface area (Å²) in [5.74, 6) is -1.54. The maximum absolute atomic E-state index is 12.5. The van der Waals surface area contributed by atoms with Crippen LogP contribution < -0.4 is 16.0 Å². The number of rotatable bonds is 9. The minimum atomic E-state index is -1.09. The zero-order valence-corrected chi connectivity index (χ0v) is 13.2. The van der Waals surface area contributed by atoms with E-state index in [0.29, 0.717) is 19.4 Å². The van der Waals surface area contributed by atoms with Gasteiger partial charge in [-0.25, -0.2) is 0 Å². The molecule has 0 unspecified atom stereocenters. The number of hydrogen-bond donors (Lipinski definition) is 4. The van der Waals surface area contributed by atoms with E-state index >= 15 is 0 Å². The molecule has 2 amide bonds. The Bertz CT molecular complexity index is 392. The molecular formula is C15H27N3O4. The first-order valence-corrected chi connectivity index (χ1v) is 8.02. The van der Waals surface area contributed by atoms with Crippen LogP contribution in [0.3, 0.4) is 0 Å². The van der Waals surface area contributed by atoms with Gasteiger partial charge >= 0.3 is 5.97 Å². The van der Waals surface area contributed by atoms with Gasteiger partial charge in [-0.1, -0.05) is 32.6 Å². The van der Waals surface area contributed by atoms with Gasteiger partial charge in [0.1, 0.15) is 6.54 Å². The van der Waals surface area contributed by atoms with Gasteiger partial charge in [0.15, 0.2) is 0 Å². The van der Waals surface area contributed by atoms with Crippen molar-refractivity contribution in [1.29, 1.82) is 0 Å². The molecule has 7 nitrogen and oxygen atoms in total. The van der Waals surface area contributed by atoms with Crippen molar-refractivity contribution in [3.63, 3.8) is 0 Å². The number of aliphatic carboxylic acids is 1. The number of unbranched alkanes of at least 4 members (excludes halogenated alkanes) is 1. The van der Waals surface area contributed by atoms with Gasteiger partial charge in [0.2, 0.25) is 11.8 Å². The highest BCUT2D eigenvalue weighted by atomic mass is 16.4. The predicted molar refractivity (Wildman–Crippen MR) is 82.4 cm³/mol. The van der Waals surface area contributed by atoms with Crippen LogP contribution in [0.15, 0.2) is 0 Å². The molecule has 1 fully saturated rings. The summed E-state index contributed by atoms with van der Waals surface area (Å²) in [5.41, 5.74) is -0.702. The largest absolute Gasteiger partial charge is 0.480 e. The van der Waals surface area contributed by atoms with Crippen molar-refractivity contribution in [3.05, 3.63) is 0 Å². The molecule has 0 saturated heterocycles. The second-order valence-corrected chi connectivity index (χ2v) is 5.78. The highest BCUT2D eigenvalue weighted by molar-refractivity contribution is 5.88. The molecule has 22 heavy (non-hydrogen) atoms. The molecule has 1 aliphatic carbocycles. The number of carbonyl (C=O) groups excluding carboxylic acids is 2. The number of nitrogens with one attached hydrogen (secondary N) is 3. The van der Waals surface area contributed by atoms with Crippen molar-refractivity contribution in [3.8, 4) is 0 Å². The van der Waals surface area contributed by atoms with Gasteiger partial charge in [-0.3, -0.25) is 19.7 Å². The zero-order valence-electron chi connectivity index (χ0n) is 13.2. The van der Waals surface area contributed by atoms with Crippen LogP contribution in [0, 0.1) is 0 Å². The van der Waals surface area contributed by atoms with Crippen molar-refractivity contribution >= 4 is 17.8 Å². The van der Waals surface area contributed by atoms with Gasteiger partial charge in [0, 0.05) is 6.54 Å². The number of hydrogen-bond acceptors (Lipinski definition) is 4. The van der Waals surface area contributed by atoms with Crippen molar-refractivity contribution < 1.29 is 19.5 Å². The van der Waals surface area contributed by atoms with E-state index in [4.69, 9.17) is 5.11 Å². The predicted octanol–water partition coefficient (Wildman–Crippen LogP) is 0.396. The average Bonchev–Trinajstić information content (AvgIpc) is 2.52. The third-order valence-corrected chi connectivity index (χ3v) is 3.98. The van der Waals surface area contributed by atoms with E-state index in [-0.39, 0.29) is 12.5 Å². The van der Waals surface area contributed by atoms with Crippen molar-refractivity contribution in [2.45, 2.75) is 57.4 Å². The normalized spacial score (nSPS) is 16.8. The molecular weight excluding hydrogens is 286 g/mol. The van der Waals surface area contributed by atoms with Crippen LogP contribution in [0.1, 0.15) is 51.9 Å². The topological polar surface area (TPSA) is 108 Å². The molecule has 0 atom stereocenters. The summed E-state index contributed by atoms with van der Waals surface area (Å²) in [5, 5.41) is 16.8. The Kier molecular flexibility index (Phi) is 7.87. The fourth-order valence-electron chi connectivity index (χ4n) is 2.67. The third kappa shape index (κ3) is 6.01. The highest BCUT2D eigenvalue weighted by Gasteiger charge is 2.39. The lowest BCUT2D eigenvalue weighted by atomic mass is 9.80. The summed E-state index contributed by atoms with van der Waals surface area (Å²) in [4.78, 5) is 34.5. The van der Waals surface area contributed by atoms with E-state index in [9.17, 15) is 14.4 Å². The molecule has 1 rings (SSSR count). The van der Waals surface area contributed by atoms with Crippen molar-refractivity contribution in [2.24, 2.45) is 0 Å². The van der Waals surface area contributed by atoms with Gasteiger partial charge < -0.3 is 15.7 Å². The van der Waals surface area contributed by atoms with Gasteiger partial charge in [-0.05, 0) is 19.3 Å². The molecule has 0 aliphatic heterocycles. The first-order chi connectivity index (χ1) is 10.5. The summed E-state index contributed by atoms with van der Waals surface area (Å²) >= 11 is 0. The van der Waals surface area contributed by atoms with E-state index in [0.717, 1.165) is 32.1 Å². The standard InChI is InChI=1S/C15H27N3O4/c1-2-3-9-16-14(22)15(7-5-4-6-8-15)18-10-12(19)17-11-13(20)21/h18H,2-11H2,1H3,(H,16,22)(H,17,19)(H,20,21). The van der Waals surface area contributed by atoms with Crippen LogP contribution in [0.25, 0.3) is 0 Å². The molecule has 0 aromatic heterocycles. The summed E-state index contributed by atoms with van der Waals surface area (Å²) in [6.07, 6.45) is 6.35. The third-order valence-electron chi connectivity index (χ3n) is 3.98. The molecule has 1 saturated carbocycles. The van der Waals surface area contributed by atoms with E-state index in [1.807, 2.05) is 0 Å². The number of amides is 2. The molecule has 7 heteroatoms. The van der Waals surface area contributed by atoms with E-state index in [1.165, 1.54) is 0 Å². The number of carboxylic acid groups (broad SMARTS) is 1. The van der Waals surface area contributed by atoms with E-state index in [2.05, 4.69) is 22.9 Å². The van der Waals surface area contributed by atoms with Gasteiger partial charge in [-0.2, -0.15) is 0 Å². The quantitative estimate of drug-likeness (QED) is 0.461. The Hall–Kier alpha value is -1.63. The Morgan fingerprint density at radius 1 is 1.05 bits per heavy atom. The SMILES string of the molecule is CCCCNC(=O)C1(NCC(=O)NCC(=O)O)CCCCC1. The first kappa shape index (κ1) is 18.4. The van der Waals surface area contributed by atoms with E-state index in [1.54, 1.807) is 0 Å². The Labute approximate surface area is 131 Å². The molecule has 0 aromatic rings. The van der Waals surface area contributed by atoms with Crippen LogP contribution in [-0.2, 0) is 14.4 Å². The second kappa shape index (κ2) is 9.40. The second-order valence-electron chi connectivity index (χ2n) is 5.78. The molecule has 0 radical (unpaired) electrons. The highest BCUT2D eigenvalue weighted by Crippen LogP contribution is 2.28. The maximum atomic E-state index is 12.5. The van der Waals surface area contributed by atoms with Crippen LogP contribution >= 0.6 is 0 Å². The van der Waals surface area contributed by atoms with Gasteiger partial charge in [-0.15, -0.1) is 0 Å². The summed E-state index contributed by atoms with van der Waals surface area (Å²) in [6, 6.07) is 0.